The molecule has 1 saturated heterocycles. The van der Waals surface area contributed by atoms with Crippen LogP contribution in [0.25, 0.3) is 11.5 Å². The van der Waals surface area contributed by atoms with E-state index in [1.54, 1.807) is 7.11 Å². The average molecular weight is 468 g/mol. The fourth-order valence-electron chi connectivity index (χ4n) is 3.45. The van der Waals surface area contributed by atoms with Crippen molar-refractivity contribution in [2.45, 2.75) is 23.7 Å². The van der Waals surface area contributed by atoms with Gasteiger partial charge in [-0.25, -0.2) is 8.42 Å². The fraction of sp³-hybridized carbons (Fsp3) is 0.300. The van der Waals surface area contributed by atoms with Crippen molar-refractivity contribution in [2.24, 2.45) is 0 Å². The van der Waals surface area contributed by atoms with Gasteiger partial charge >= 0.3 is 0 Å². The molecule has 1 aliphatic rings. The maximum atomic E-state index is 12.9. The zero-order valence-corrected chi connectivity index (χ0v) is 18.4. The lowest BCUT2D eigenvalue weighted by Crippen LogP contribution is -2.38. The van der Waals surface area contributed by atoms with Crippen molar-refractivity contribution in [3.8, 4) is 17.2 Å². The van der Waals surface area contributed by atoms with Crippen LogP contribution >= 0.6 is 23.2 Å². The van der Waals surface area contributed by atoms with Gasteiger partial charge in [0.1, 0.15) is 5.75 Å². The molecule has 0 amide bonds. The van der Waals surface area contributed by atoms with Crippen molar-refractivity contribution in [1.29, 1.82) is 0 Å². The molecule has 0 bridgehead atoms. The first-order valence-electron chi connectivity index (χ1n) is 9.31. The highest BCUT2D eigenvalue weighted by molar-refractivity contribution is 7.89. The van der Waals surface area contributed by atoms with Crippen molar-refractivity contribution in [3.05, 3.63) is 58.3 Å². The van der Waals surface area contributed by atoms with Gasteiger partial charge in [0.05, 0.1) is 12.0 Å². The largest absolute Gasteiger partial charge is 0.497 e. The lowest BCUT2D eigenvalue weighted by molar-refractivity contribution is 0.307. The number of ether oxygens (including phenoxy) is 1. The third-order valence-electron chi connectivity index (χ3n) is 5.05. The van der Waals surface area contributed by atoms with E-state index < -0.39 is 10.0 Å². The average Bonchev–Trinajstić information content (AvgIpc) is 3.23. The van der Waals surface area contributed by atoms with Crippen LogP contribution in [-0.4, -0.2) is 43.1 Å². The Morgan fingerprint density at radius 3 is 2.47 bits per heavy atom. The number of hydrogen-bond acceptors (Lipinski definition) is 6. The molecule has 0 unspecified atom stereocenters. The summed E-state index contributed by atoms with van der Waals surface area (Å²) in [6.45, 7) is 0.695. The number of methoxy groups -OCH3 is 1. The van der Waals surface area contributed by atoms with Gasteiger partial charge in [-0.1, -0.05) is 34.4 Å². The van der Waals surface area contributed by atoms with Gasteiger partial charge < -0.3 is 9.26 Å². The van der Waals surface area contributed by atoms with Crippen LogP contribution in [0.15, 0.2) is 51.9 Å². The minimum atomic E-state index is -3.67. The molecule has 7 nitrogen and oxygen atoms in total. The summed E-state index contributed by atoms with van der Waals surface area (Å²) in [6.07, 6.45) is 1.18. The van der Waals surface area contributed by atoms with Crippen LogP contribution in [0, 0.1) is 0 Å². The van der Waals surface area contributed by atoms with Crippen molar-refractivity contribution >= 4 is 33.2 Å². The summed E-state index contributed by atoms with van der Waals surface area (Å²) in [5.74, 6) is 1.71. The van der Waals surface area contributed by atoms with Crippen LogP contribution in [0.2, 0.25) is 10.0 Å². The molecule has 3 aromatic rings. The topological polar surface area (TPSA) is 85.5 Å². The third kappa shape index (κ3) is 4.32. The van der Waals surface area contributed by atoms with E-state index in [4.69, 9.17) is 32.5 Å². The number of sulfonamides is 1. The van der Waals surface area contributed by atoms with Crippen LogP contribution in [-0.2, 0) is 10.0 Å². The van der Waals surface area contributed by atoms with E-state index in [0.29, 0.717) is 43.4 Å². The van der Waals surface area contributed by atoms with Gasteiger partial charge in [-0.05, 0) is 49.2 Å². The Balaban J connectivity index is 1.46. The highest BCUT2D eigenvalue weighted by Crippen LogP contribution is 2.32. The molecule has 4 rings (SSSR count). The van der Waals surface area contributed by atoms with Crippen molar-refractivity contribution in [3.63, 3.8) is 0 Å². The molecular formula is C20H19Cl2N3O4S. The fourth-order valence-corrected chi connectivity index (χ4v) is 5.65. The zero-order valence-electron chi connectivity index (χ0n) is 16.1. The van der Waals surface area contributed by atoms with Crippen LogP contribution < -0.4 is 4.74 Å². The molecule has 0 radical (unpaired) electrons. The van der Waals surface area contributed by atoms with Gasteiger partial charge in [0.25, 0.3) is 5.89 Å². The second-order valence-corrected chi connectivity index (χ2v) is 9.78. The molecule has 0 aliphatic carbocycles. The highest BCUT2D eigenvalue weighted by atomic mass is 35.5. The SMILES string of the molecule is COc1cccc(-c2nc(C3CCN(S(=O)(=O)c4cc(Cl)cc(Cl)c4)CC3)no2)c1. The Labute approximate surface area is 184 Å². The minimum absolute atomic E-state index is 0.0162. The number of halogens is 2. The predicted molar refractivity (Wildman–Crippen MR) is 113 cm³/mol. The second kappa shape index (κ2) is 8.55. The Hall–Kier alpha value is -2.13. The molecule has 1 fully saturated rings. The summed E-state index contributed by atoms with van der Waals surface area (Å²) in [5.41, 5.74) is 0.769. The number of rotatable bonds is 5. The monoisotopic (exact) mass is 467 g/mol. The summed E-state index contributed by atoms with van der Waals surface area (Å²) in [4.78, 5) is 4.61. The smallest absolute Gasteiger partial charge is 0.258 e. The van der Waals surface area contributed by atoms with E-state index in [1.807, 2.05) is 24.3 Å². The van der Waals surface area contributed by atoms with E-state index in [1.165, 1.54) is 22.5 Å². The summed E-state index contributed by atoms with van der Waals surface area (Å²) < 4.78 is 37.9. The van der Waals surface area contributed by atoms with Gasteiger partial charge in [0, 0.05) is 34.6 Å². The Morgan fingerprint density at radius 2 is 1.80 bits per heavy atom. The first-order chi connectivity index (χ1) is 14.4. The lowest BCUT2D eigenvalue weighted by atomic mass is 9.97. The summed E-state index contributed by atoms with van der Waals surface area (Å²) in [6, 6.07) is 11.7. The lowest BCUT2D eigenvalue weighted by Gasteiger charge is -2.29. The van der Waals surface area contributed by atoms with Crippen LogP contribution in [0.3, 0.4) is 0 Å². The van der Waals surface area contributed by atoms with Crippen LogP contribution in [0.4, 0.5) is 0 Å². The van der Waals surface area contributed by atoms with Crippen molar-refractivity contribution in [1.82, 2.24) is 14.4 Å². The van der Waals surface area contributed by atoms with Gasteiger partial charge in [-0.2, -0.15) is 9.29 Å². The van der Waals surface area contributed by atoms with Gasteiger partial charge in [0.2, 0.25) is 10.0 Å². The molecular weight excluding hydrogens is 449 g/mol. The molecule has 30 heavy (non-hydrogen) atoms. The number of piperidine rings is 1. The number of aromatic nitrogens is 2. The molecule has 0 saturated carbocycles. The van der Waals surface area contributed by atoms with Crippen LogP contribution in [0.1, 0.15) is 24.6 Å². The van der Waals surface area contributed by atoms with E-state index in [2.05, 4.69) is 10.1 Å². The molecule has 0 spiro atoms. The van der Waals surface area contributed by atoms with E-state index in [-0.39, 0.29) is 20.9 Å². The number of benzene rings is 2. The molecule has 10 heteroatoms. The first-order valence-corrected chi connectivity index (χ1v) is 11.5. The third-order valence-corrected chi connectivity index (χ3v) is 7.36. The molecule has 1 aromatic heterocycles. The van der Waals surface area contributed by atoms with Gasteiger partial charge in [-0.15, -0.1) is 0 Å². The van der Waals surface area contributed by atoms with Crippen molar-refractivity contribution < 1.29 is 17.7 Å². The molecule has 158 valence electrons. The zero-order chi connectivity index (χ0) is 21.3. The second-order valence-electron chi connectivity index (χ2n) is 6.97. The normalized spacial score (nSPS) is 16.0. The maximum Gasteiger partial charge on any atom is 0.258 e. The Bertz CT molecular complexity index is 1140. The molecule has 1 aliphatic heterocycles. The van der Waals surface area contributed by atoms with E-state index in [9.17, 15) is 8.42 Å². The molecule has 2 aromatic carbocycles. The Morgan fingerprint density at radius 1 is 1.10 bits per heavy atom. The van der Waals surface area contributed by atoms with Crippen LogP contribution in [0.5, 0.6) is 5.75 Å². The summed E-state index contributed by atoms with van der Waals surface area (Å²) >= 11 is 11.9. The van der Waals surface area contributed by atoms with E-state index in [0.717, 1.165) is 5.56 Å². The molecule has 0 atom stereocenters. The van der Waals surface area contributed by atoms with Gasteiger partial charge in [-0.3, -0.25) is 0 Å². The quantitative estimate of drug-likeness (QED) is 0.543. The van der Waals surface area contributed by atoms with Crippen molar-refractivity contribution in [2.75, 3.05) is 20.2 Å². The standard InChI is InChI=1S/C20H19Cl2N3O4S/c1-28-17-4-2-3-14(9-17)20-23-19(24-29-20)13-5-7-25(8-6-13)30(26,27)18-11-15(21)10-16(22)12-18/h2-4,9-13H,5-8H2,1H3. The van der Waals surface area contributed by atoms with Gasteiger partial charge in [0.15, 0.2) is 5.82 Å². The van der Waals surface area contributed by atoms with E-state index >= 15 is 0 Å². The maximum absolute atomic E-state index is 12.9. The summed E-state index contributed by atoms with van der Waals surface area (Å²) in [7, 11) is -2.08. The molecule has 2 heterocycles. The highest BCUT2D eigenvalue weighted by Gasteiger charge is 2.32. The predicted octanol–water partition coefficient (Wildman–Crippen LogP) is 4.62. The number of hydrogen-bond donors (Lipinski definition) is 0. The Kier molecular flexibility index (Phi) is 6.02. The molecule has 0 N–H and O–H groups in total. The minimum Gasteiger partial charge on any atom is -0.497 e. The number of nitrogens with zero attached hydrogens (tertiary/aromatic N) is 3. The first kappa shape index (κ1) is 21.1. The summed E-state index contributed by atoms with van der Waals surface area (Å²) in [5, 5.41) is 4.68.